The van der Waals surface area contributed by atoms with Crippen LogP contribution in [0, 0.1) is 0 Å². The van der Waals surface area contributed by atoms with E-state index < -0.39 is 0 Å². The molecule has 1 aliphatic heterocycles. The standard InChI is InChI=1S/C18H30N2S/c1-5-16-14-20(11-12-21-16)17(13-19-18(2,3)4)15-9-7-6-8-10-15/h6-10,16-17,19H,5,11-14H2,1-4H3. The minimum Gasteiger partial charge on any atom is -0.310 e. The van der Waals surface area contributed by atoms with E-state index in [1.165, 1.54) is 30.8 Å². The largest absolute Gasteiger partial charge is 0.310 e. The third-order valence-electron chi connectivity index (χ3n) is 4.08. The number of benzene rings is 1. The second-order valence-electron chi connectivity index (χ2n) is 6.95. The summed E-state index contributed by atoms with van der Waals surface area (Å²) in [5, 5.41) is 4.49. The Bertz CT molecular complexity index is 413. The van der Waals surface area contributed by atoms with Crippen LogP contribution in [0.1, 0.15) is 45.7 Å². The van der Waals surface area contributed by atoms with E-state index in [1.54, 1.807) is 0 Å². The van der Waals surface area contributed by atoms with Gasteiger partial charge in [-0.2, -0.15) is 11.8 Å². The summed E-state index contributed by atoms with van der Waals surface area (Å²) in [4.78, 5) is 2.68. The zero-order valence-electron chi connectivity index (χ0n) is 13.9. The number of hydrogen-bond donors (Lipinski definition) is 1. The van der Waals surface area contributed by atoms with Crippen LogP contribution in [0.25, 0.3) is 0 Å². The quantitative estimate of drug-likeness (QED) is 0.887. The SMILES string of the molecule is CCC1CN(C(CNC(C)(C)C)c2ccccc2)CCS1. The summed E-state index contributed by atoms with van der Waals surface area (Å²) in [6, 6.07) is 11.5. The Labute approximate surface area is 134 Å². The second-order valence-corrected chi connectivity index (χ2v) is 8.36. The van der Waals surface area contributed by atoms with Gasteiger partial charge in [-0.1, -0.05) is 37.3 Å². The van der Waals surface area contributed by atoms with Gasteiger partial charge in [-0.25, -0.2) is 0 Å². The molecular weight excluding hydrogens is 276 g/mol. The van der Waals surface area contributed by atoms with Gasteiger partial charge in [0.15, 0.2) is 0 Å². The van der Waals surface area contributed by atoms with Crippen LogP contribution in [0.5, 0.6) is 0 Å². The summed E-state index contributed by atoms with van der Waals surface area (Å²) in [6.45, 7) is 12.5. The Morgan fingerprint density at radius 1 is 1.29 bits per heavy atom. The van der Waals surface area contributed by atoms with Crippen molar-refractivity contribution in [2.45, 2.75) is 50.9 Å². The van der Waals surface area contributed by atoms with E-state index in [4.69, 9.17) is 0 Å². The maximum Gasteiger partial charge on any atom is 0.0473 e. The molecule has 1 fully saturated rings. The first-order valence-electron chi connectivity index (χ1n) is 8.15. The fourth-order valence-corrected chi connectivity index (χ4v) is 4.01. The highest BCUT2D eigenvalue weighted by molar-refractivity contribution is 8.00. The van der Waals surface area contributed by atoms with Crippen LogP contribution >= 0.6 is 11.8 Å². The van der Waals surface area contributed by atoms with Crippen molar-refractivity contribution in [3.8, 4) is 0 Å². The van der Waals surface area contributed by atoms with Crippen molar-refractivity contribution in [3.63, 3.8) is 0 Å². The van der Waals surface area contributed by atoms with Crippen molar-refractivity contribution in [3.05, 3.63) is 35.9 Å². The van der Waals surface area contributed by atoms with Crippen LogP contribution < -0.4 is 5.32 Å². The molecule has 2 nitrogen and oxygen atoms in total. The Balaban J connectivity index is 2.11. The normalized spacial score (nSPS) is 22.2. The Hall–Kier alpha value is -0.510. The smallest absolute Gasteiger partial charge is 0.0473 e. The van der Waals surface area contributed by atoms with Crippen molar-refractivity contribution >= 4 is 11.8 Å². The van der Waals surface area contributed by atoms with Crippen LogP contribution in [-0.4, -0.2) is 41.1 Å². The van der Waals surface area contributed by atoms with E-state index in [1.807, 2.05) is 0 Å². The molecule has 0 spiro atoms. The Morgan fingerprint density at radius 3 is 2.62 bits per heavy atom. The van der Waals surface area contributed by atoms with E-state index in [9.17, 15) is 0 Å². The summed E-state index contributed by atoms with van der Waals surface area (Å²) in [5.74, 6) is 1.26. The van der Waals surface area contributed by atoms with Crippen LogP contribution in [0.2, 0.25) is 0 Å². The van der Waals surface area contributed by atoms with Gasteiger partial charge in [0.2, 0.25) is 0 Å². The molecule has 0 aromatic heterocycles. The molecule has 1 saturated heterocycles. The number of rotatable bonds is 5. The van der Waals surface area contributed by atoms with Gasteiger partial charge in [-0.3, -0.25) is 4.90 Å². The maximum atomic E-state index is 3.70. The lowest BCUT2D eigenvalue weighted by Gasteiger charge is -2.39. The molecule has 0 bridgehead atoms. The topological polar surface area (TPSA) is 15.3 Å². The van der Waals surface area contributed by atoms with Gasteiger partial charge >= 0.3 is 0 Å². The molecule has 0 saturated carbocycles. The van der Waals surface area contributed by atoms with E-state index >= 15 is 0 Å². The summed E-state index contributed by atoms with van der Waals surface area (Å²) >= 11 is 2.14. The zero-order chi connectivity index (χ0) is 15.3. The molecule has 1 aromatic rings. The summed E-state index contributed by atoms with van der Waals surface area (Å²) in [5.41, 5.74) is 1.61. The van der Waals surface area contributed by atoms with Crippen molar-refractivity contribution < 1.29 is 0 Å². The van der Waals surface area contributed by atoms with Crippen molar-refractivity contribution in [1.82, 2.24) is 10.2 Å². The molecule has 3 heteroatoms. The van der Waals surface area contributed by atoms with Gasteiger partial charge in [0.1, 0.15) is 0 Å². The molecule has 1 aromatic carbocycles. The molecule has 118 valence electrons. The number of thioether (sulfide) groups is 1. The van der Waals surface area contributed by atoms with Gasteiger partial charge in [0, 0.05) is 42.2 Å². The fraction of sp³-hybridized carbons (Fsp3) is 0.667. The molecule has 2 unspecified atom stereocenters. The predicted molar refractivity (Wildman–Crippen MR) is 95.0 cm³/mol. The highest BCUT2D eigenvalue weighted by Gasteiger charge is 2.27. The average molecular weight is 307 g/mol. The second kappa shape index (κ2) is 7.66. The van der Waals surface area contributed by atoms with Crippen molar-refractivity contribution in [2.24, 2.45) is 0 Å². The first kappa shape index (κ1) is 16.9. The highest BCUT2D eigenvalue weighted by atomic mass is 32.2. The third-order valence-corrected chi connectivity index (χ3v) is 5.45. The number of nitrogens with zero attached hydrogens (tertiary/aromatic N) is 1. The predicted octanol–water partition coefficient (Wildman–Crippen LogP) is 3.94. The molecule has 21 heavy (non-hydrogen) atoms. The zero-order valence-corrected chi connectivity index (χ0v) is 14.7. The Morgan fingerprint density at radius 2 is 2.00 bits per heavy atom. The first-order valence-corrected chi connectivity index (χ1v) is 9.20. The van der Waals surface area contributed by atoms with E-state index in [0.29, 0.717) is 6.04 Å². The lowest BCUT2D eigenvalue weighted by Crippen LogP contribution is -2.47. The average Bonchev–Trinajstić information content (AvgIpc) is 2.48. The lowest BCUT2D eigenvalue weighted by atomic mass is 10.0. The summed E-state index contributed by atoms with van der Waals surface area (Å²) < 4.78 is 0. The van der Waals surface area contributed by atoms with Crippen molar-refractivity contribution in [1.29, 1.82) is 0 Å². The van der Waals surface area contributed by atoms with E-state index in [0.717, 1.165) is 11.8 Å². The van der Waals surface area contributed by atoms with Gasteiger partial charge in [0.25, 0.3) is 0 Å². The summed E-state index contributed by atoms with van der Waals surface area (Å²) in [6.07, 6.45) is 1.27. The molecule has 1 N–H and O–H groups in total. The van der Waals surface area contributed by atoms with Gasteiger partial charge in [0.05, 0.1) is 0 Å². The molecule has 1 heterocycles. The van der Waals surface area contributed by atoms with Gasteiger partial charge in [-0.05, 0) is 32.8 Å². The molecule has 0 radical (unpaired) electrons. The molecule has 0 aliphatic carbocycles. The van der Waals surface area contributed by atoms with Gasteiger partial charge < -0.3 is 5.32 Å². The van der Waals surface area contributed by atoms with Crippen LogP contribution in [0.15, 0.2) is 30.3 Å². The van der Waals surface area contributed by atoms with Gasteiger partial charge in [-0.15, -0.1) is 0 Å². The maximum absolute atomic E-state index is 3.70. The van der Waals surface area contributed by atoms with E-state index in [-0.39, 0.29) is 5.54 Å². The minimum absolute atomic E-state index is 0.168. The first-order chi connectivity index (χ1) is 9.99. The van der Waals surface area contributed by atoms with Crippen molar-refractivity contribution in [2.75, 3.05) is 25.4 Å². The number of nitrogens with one attached hydrogen (secondary N) is 1. The van der Waals surface area contributed by atoms with Crippen LogP contribution in [0.4, 0.5) is 0 Å². The monoisotopic (exact) mass is 306 g/mol. The highest BCUT2D eigenvalue weighted by Crippen LogP contribution is 2.28. The number of hydrogen-bond acceptors (Lipinski definition) is 3. The molecule has 1 aliphatic rings. The van der Waals surface area contributed by atoms with Crippen LogP contribution in [0.3, 0.4) is 0 Å². The molecule has 2 rings (SSSR count). The summed E-state index contributed by atoms with van der Waals surface area (Å²) in [7, 11) is 0. The molecule has 2 atom stereocenters. The van der Waals surface area contributed by atoms with Crippen LogP contribution in [-0.2, 0) is 0 Å². The lowest BCUT2D eigenvalue weighted by molar-refractivity contribution is 0.188. The van der Waals surface area contributed by atoms with E-state index in [2.05, 4.69) is 80.0 Å². The molecule has 0 amide bonds. The fourth-order valence-electron chi connectivity index (χ4n) is 2.81. The Kier molecular flexibility index (Phi) is 6.15. The third kappa shape index (κ3) is 5.32. The minimum atomic E-state index is 0.168. The molecular formula is C18H30N2S.